The molecule has 0 saturated heterocycles. The normalized spacial score (nSPS) is 12.5. The van der Waals surface area contributed by atoms with Crippen LogP contribution in [0.3, 0.4) is 0 Å². The lowest BCUT2D eigenvalue weighted by Gasteiger charge is -2.18. The van der Waals surface area contributed by atoms with E-state index in [0.717, 1.165) is 69.6 Å². The lowest BCUT2D eigenvalue weighted by molar-refractivity contribution is -0.167. The second kappa shape index (κ2) is 48.9. The van der Waals surface area contributed by atoms with Crippen LogP contribution >= 0.6 is 0 Å². The van der Waals surface area contributed by atoms with Gasteiger partial charge in [-0.05, 0) is 31.1 Å². The number of rotatable bonds is 50. The number of esters is 3. The highest BCUT2D eigenvalue weighted by atomic mass is 16.6. The molecular weight excluding hydrogens is 769 g/mol. The van der Waals surface area contributed by atoms with Crippen molar-refractivity contribution in [1.29, 1.82) is 0 Å². The molecule has 0 aromatic heterocycles. The van der Waals surface area contributed by atoms with E-state index in [4.69, 9.17) is 14.2 Å². The summed E-state index contributed by atoms with van der Waals surface area (Å²) >= 11 is 0. The summed E-state index contributed by atoms with van der Waals surface area (Å²) in [7, 11) is 0. The molecule has 1 unspecified atom stereocenters. The quantitative estimate of drug-likeness (QED) is 0.0344. The van der Waals surface area contributed by atoms with E-state index in [2.05, 4.69) is 34.6 Å². The summed E-state index contributed by atoms with van der Waals surface area (Å²) in [5.41, 5.74) is 0. The van der Waals surface area contributed by atoms with Gasteiger partial charge in [-0.15, -0.1) is 0 Å². The summed E-state index contributed by atoms with van der Waals surface area (Å²) in [5, 5.41) is 0. The molecular formula is C56H108O6. The van der Waals surface area contributed by atoms with Gasteiger partial charge in [0, 0.05) is 19.3 Å². The van der Waals surface area contributed by atoms with Crippen LogP contribution in [0.25, 0.3) is 0 Å². The van der Waals surface area contributed by atoms with Crippen LogP contribution in [-0.2, 0) is 28.6 Å². The third-order valence-corrected chi connectivity index (χ3v) is 13.1. The highest BCUT2D eigenvalue weighted by Crippen LogP contribution is 2.18. The van der Waals surface area contributed by atoms with Crippen LogP contribution in [0.15, 0.2) is 0 Å². The predicted octanol–water partition coefficient (Wildman–Crippen LogP) is 18.1. The highest BCUT2D eigenvalue weighted by molar-refractivity contribution is 5.71. The molecule has 0 aromatic carbocycles. The largest absolute Gasteiger partial charge is 0.462 e. The zero-order valence-corrected chi connectivity index (χ0v) is 42.5. The maximum Gasteiger partial charge on any atom is 0.306 e. The molecule has 0 spiro atoms. The van der Waals surface area contributed by atoms with Crippen LogP contribution in [0.1, 0.15) is 311 Å². The Hall–Kier alpha value is -1.59. The summed E-state index contributed by atoms with van der Waals surface area (Å²) in [5.74, 6) is 0.894. The van der Waals surface area contributed by atoms with Crippen molar-refractivity contribution in [2.24, 2.45) is 11.8 Å². The fraction of sp³-hybridized carbons (Fsp3) is 0.946. The fourth-order valence-electron chi connectivity index (χ4n) is 8.49. The van der Waals surface area contributed by atoms with Crippen LogP contribution in [0.2, 0.25) is 0 Å². The molecule has 0 aliphatic rings. The van der Waals surface area contributed by atoms with E-state index in [0.29, 0.717) is 19.3 Å². The molecule has 0 aliphatic heterocycles. The second-order valence-electron chi connectivity index (χ2n) is 19.9. The van der Waals surface area contributed by atoms with Gasteiger partial charge in [-0.3, -0.25) is 14.4 Å². The van der Waals surface area contributed by atoms with Crippen molar-refractivity contribution in [2.45, 2.75) is 317 Å². The zero-order chi connectivity index (χ0) is 45.4. The van der Waals surface area contributed by atoms with Crippen molar-refractivity contribution in [3.8, 4) is 0 Å². The average Bonchev–Trinajstić information content (AvgIpc) is 3.26. The van der Waals surface area contributed by atoms with Gasteiger partial charge in [0.05, 0.1) is 0 Å². The summed E-state index contributed by atoms with van der Waals surface area (Å²) in [6.45, 7) is 11.4. The van der Waals surface area contributed by atoms with Crippen molar-refractivity contribution in [2.75, 3.05) is 13.2 Å². The lowest BCUT2D eigenvalue weighted by Crippen LogP contribution is -2.30. The Bertz CT molecular complexity index is 949. The van der Waals surface area contributed by atoms with E-state index < -0.39 is 6.10 Å². The Labute approximate surface area is 387 Å². The Balaban J connectivity index is 4.24. The fourth-order valence-corrected chi connectivity index (χ4v) is 8.49. The van der Waals surface area contributed by atoms with E-state index in [1.54, 1.807) is 0 Å². The number of ether oxygens (including phenoxy) is 3. The van der Waals surface area contributed by atoms with Crippen LogP contribution in [0, 0.1) is 11.8 Å². The Morgan fingerprint density at radius 1 is 0.339 bits per heavy atom. The molecule has 0 heterocycles. The van der Waals surface area contributed by atoms with Crippen molar-refractivity contribution in [1.82, 2.24) is 0 Å². The van der Waals surface area contributed by atoms with Gasteiger partial charge in [-0.1, -0.05) is 272 Å². The Morgan fingerprint density at radius 3 is 0.919 bits per heavy atom. The van der Waals surface area contributed by atoms with Gasteiger partial charge >= 0.3 is 17.9 Å². The smallest absolute Gasteiger partial charge is 0.306 e. The van der Waals surface area contributed by atoms with Crippen molar-refractivity contribution in [3.05, 3.63) is 0 Å². The summed E-state index contributed by atoms with van der Waals surface area (Å²) < 4.78 is 16.8. The monoisotopic (exact) mass is 877 g/mol. The first-order valence-electron chi connectivity index (χ1n) is 27.8. The van der Waals surface area contributed by atoms with Crippen LogP contribution in [-0.4, -0.2) is 37.2 Å². The third-order valence-electron chi connectivity index (χ3n) is 13.1. The molecule has 0 fully saturated rings. The lowest BCUT2D eigenvalue weighted by atomic mass is 9.99. The van der Waals surface area contributed by atoms with Gasteiger partial charge in [0.25, 0.3) is 0 Å². The first kappa shape index (κ1) is 60.4. The number of hydrogen-bond acceptors (Lipinski definition) is 6. The number of carbonyl (C=O) groups is 3. The van der Waals surface area contributed by atoms with Crippen LogP contribution < -0.4 is 0 Å². The second-order valence-corrected chi connectivity index (χ2v) is 19.9. The molecule has 0 aliphatic carbocycles. The van der Waals surface area contributed by atoms with Crippen LogP contribution in [0.5, 0.6) is 0 Å². The SMILES string of the molecule is CCCCCCCCCCCC(=O)OC[C@H](COC(=O)CCCCCCCCCCCCCCCCC(C)C)OC(=O)CCCCCCCCCCCCCCCCC(C)CC. The van der Waals surface area contributed by atoms with E-state index in [1.165, 1.54) is 199 Å². The molecule has 2 atom stereocenters. The van der Waals surface area contributed by atoms with Crippen LogP contribution in [0.4, 0.5) is 0 Å². The zero-order valence-electron chi connectivity index (χ0n) is 42.5. The number of carbonyl (C=O) groups excluding carboxylic acids is 3. The van der Waals surface area contributed by atoms with Gasteiger partial charge in [-0.25, -0.2) is 0 Å². The molecule has 368 valence electrons. The van der Waals surface area contributed by atoms with Gasteiger partial charge < -0.3 is 14.2 Å². The minimum absolute atomic E-state index is 0.0631. The van der Waals surface area contributed by atoms with E-state index in [-0.39, 0.29) is 31.1 Å². The third kappa shape index (κ3) is 47.9. The number of unbranched alkanes of at least 4 members (excludes halogenated alkanes) is 34. The predicted molar refractivity (Wildman–Crippen MR) is 266 cm³/mol. The molecule has 0 saturated carbocycles. The standard InChI is InChI=1S/C56H108O6/c1-6-8-9-10-11-24-31-36-41-46-54(57)60-49-53(50-61-55(58)47-42-37-32-27-22-18-14-12-16-20-25-29-34-39-44-51(3)4)62-56(59)48-43-38-33-28-23-19-15-13-17-21-26-30-35-40-45-52(5)7-2/h51-53H,6-50H2,1-5H3/t52?,53-/m1/s1. The molecule has 0 aromatic rings. The molecule has 6 heteroatoms. The summed E-state index contributed by atoms with van der Waals surface area (Å²) in [6.07, 6.45) is 50.9. The topological polar surface area (TPSA) is 78.9 Å². The van der Waals surface area contributed by atoms with Crippen molar-refractivity contribution < 1.29 is 28.6 Å². The maximum atomic E-state index is 12.8. The van der Waals surface area contributed by atoms with Crippen molar-refractivity contribution in [3.63, 3.8) is 0 Å². The van der Waals surface area contributed by atoms with Gasteiger partial charge in [0.2, 0.25) is 0 Å². The molecule has 6 nitrogen and oxygen atoms in total. The Morgan fingerprint density at radius 2 is 0.613 bits per heavy atom. The maximum absolute atomic E-state index is 12.8. The van der Waals surface area contributed by atoms with E-state index in [1.807, 2.05) is 0 Å². The Kier molecular flexibility index (Phi) is 47.6. The molecule has 0 N–H and O–H groups in total. The summed E-state index contributed by atoms with van der Waals surface area (Å²) in [4.78, 5) is 38.0. The van der Waals surface area contributed by atoms with Gasteiger partial charge in [-0.2, -0.15) is 0 Å². The average molecular weight is 877 g/mol. The first-order chi connectivity index (χ1) is 30.3. The first-order valence-corrected chi connectivity index (χ1v) is 27.8. The van der Waals surface area contributed by atoms with Gasteiger partial charge in [0.15, 0.2) is 6.10 Å². The minimum Gasteiger partial charge on any atom is -0.462 e. The molecule has 0 amide bonds. The summed E-state index contributed by atoms with van der Waals surface area (Å²) in [6, 6.07) is 0. The van der Waals surface area contributed by atoms with E-state index in [9.17, 15) is 14.4 Å². The minimum atomic E-state index is -0.761. The highest BCUT2D eigenvalue weighted by Gasteiger charge is 2.19. The number of hydrogen-bond donors (Lipinski definition) is 0. The molecule has 0 radical (unpaired) electrons. The molecule has 62 heavy (non-hydrogen) atoms. The molecule has 0 rings (SSSR count). The van der Waals surface area contributed by atoms with Gasteiger partial charge in [0.1, 0.15) is 13.2 Å². The van der Waals surface area contributed by atoms with E-state index >= 15 is 0 Å². The molecule has 0 bridgehead atoms. The van der Waals surface area contributed by atoms with Crippen molar-refractivity contribution >= 4 is 17.9 Å².